The molecule has 3 rings (SSSR count). The minimum Gasteiger partial charge on any atom is -0.334 e. The molecule has 29 heavy (non-hydrogen) atoms. The second-order valence-corrected chi connectivity index (χ2v) is 9.24. The first-order chi connectivity index (χ1) is 13.8. The molecule has 152 valence electrons. The first-order valence-electron chi connectivity index (χ1n) is 9.66. The Morgan fingerprint density at radius 3 is 2.55 bits per heavy atom. The Bertz CT molecular complexity index is 1030. The molecule has 0 bridgehead atoms. The molecule has 6 nitrogen and oxygen atoms in total. The summed E-state index contributed by atoms with van der Waals surface area (Å²) in [5.41, 5.74) is 1.75. The van der Waals surface area contributed by atoms with Gasteiger partial charge < -0.3 is 4.90 Å². The third-order valence-corrected chi connectivity index (χ3v) is 6.52. The zero-order chi connectivity index (χ0) is 21.0. The van der Waals surface area contributed by atoms with Gasteiger partial charge in [-0.05, 0) is 49.9 Å². The molecule has 1 fully saturated rings. The predicted molar refractivity (Wildman–Crippen MR) is 110 cm³/mol. The van der Waals surface area contributed by atoms with Gasteiger partial charge in [0.1, 0.15) is 0 Å². The van der Waals surface area contributed by atoms with Gasteiger partial charge in [0, 0.05) is 24.7 Å². The first-order valence-corrected chi connectivity index (χ1v) is 11.1. The maximum atomic E-state index is 13.0. The topological polar surface area (TPSA) is 90.3 Å². The van der Waals surface area contributed by atoms with Crippen molar-refractivity contribution in [3.63, 3.8) is 0 Å². The number of nitrogens with one attached hydrogen (secondary N) is 1. The summed E-state index contributed by atoms with van der Waals surface area (Å²) in [4.78, 5) is 14.8. The molecule has 1 aliphatic rings. The fourth-order valence-corrected chi connectivity index (χ4v) is 4.45. The first kappa shape index (κ1) is 21.0. The van der Waals surface area contributed by atoms with E-state index in [9.17, 15) is 13.2 Å². The van der Waals surface area contributed by atoms with Crippen LogP contribution < -0.4 is 4.72 Å². The van der Waals surface area contributed by atoms with Crippen LogP contribution in [0.5, 0.6) is 0 Å². The third-order valence-electron chi connectivity index (χ3n) is 4.97. The van der Waals surface area contributed by atoms with Crippen molar-refractivity contribution < 1.29 is 13.2 Å². The van der Waals surface area contributed by atoms with Crippen LogP contribution >= 0.6 is 0 Å². The van der Waals surface area contributed by atoms with Crippen molar-refractivity contribution >= 4 is 15.9 Å². The molecule has 1 saturated carbocycles. The monoisotopic (exact) mass is 411 g/mol. The van der Waals surface area contributed by atoms with Gasteiger partial charge in [0.05, 0.1) is 16.9 Å². The van der Waals surface area contributed by atoms with Gasteiger partial charge in [0.15, 0.2) is 0 Å². The lowest BCUT2D eigenvalue weighted by molar-refractivity contribution is 0.0730. The highest BCUT2D eigenvalue weighted by atomic mass is 32.2. The molecule has 0 unspecified atom stereocenters. The summed E-state index contributed by atoms with van der Waals surface area (Å²) in [5, 5.41) is 9.10. The standard InChI is InChI=1S/C22H25N3O3S/c1-16(13-23)15-25(20-10-11-20)22(26)19-9-8-17(2)21(12-19)29(27,28)24-14-18-6-4-3-5-7-18/h3-9,12,16,20,24H,10-11,14-15H2,1-2H3/t16-/m1/s1. The summed E-state index contributed by atoms with van der Waals surface area (Å²) in [6, 6.07) is 16.3. The van der Waals surface area contributed by atoms with E-state index in [-0.39, 0.29) is 29.3 Å². The molecule has 7 heteroatoms. The van der Waals surface area contributed by atoms with Crippen molar-refractivity contribution in [2.75, 3.05) is 6.54 Å². The largest absolute Gasteiger partial charge is 0.334 e. The number of hydrogen-bond donors (Lipinski definition) is 1. The lowest BCUT2D eigenvalue weighted by Gasteiger charge is -2.24. The number of carbonyl (C=O) groups is 1. The quantitative estimate of drug-likeness (QED) is 0.722. The van der Waals surface area contributed by atoms with Crippen LogP contribution in [0.1, 0.15) is 41.3 Å². The number of benzene rings is 2. The molecule has 1 atom stereocenters. The van der Waals surface area contributed by atoms with Gasteiger partial charge in [-0.25, -0.2) is 13.1 Å². The highest BCUT2D eigenvalue weighted by molar-refractivity contribution is 7.89. The van der Waals surface area contributed by atoms with Crippen molar-refractivity contribution in [2.24, 2.45) is 5.92 Å². The fourth-order valence-electron chi connectivity index (χ4n) is 3.16. The number of rotatable bonds is 8. The minimum atomic E-state index is -3.78. The molecule has 1 aliphatic carbocycles. The average molecular weight is 412 g/mol. The molecular formula is C22H25N3O3S. The summed E-state index contributed by atoms with van der Waals surface area (Å²) < 4.78 is 28.3. The molecule has 2 aromatic carbocycles. The third kappa shape index (κ3) is 5.22. The Morgan fingerprint density at radius 1 is 1.24 bits per heavy atom. The van der Waals surface area contributed by atoms with Gasteiger partial charge in [-0.2, -0.15) is 5.26 Å². The van der Waals surface area contributed by atoms with Crippen LogP contribution in [0, 0.1) is 24.2 Å². The van der Waals surface area contributed by atoms with E-state index < -0.39 is 10.0 Å². The maximum Gasteiger partial charge on any atom is 0.254 e. The fraction of sp³-hybridized carbons (Fsp3) is 0.364. The molecule has 2 aromatic rings. The van der Waals surface area contributed by atoms with E-state index >= 15 is 0 Å². The van der Waals surface area contributed by atoms with Gasteiger partial charge in [-0.3, -0.25) is 4.79 Å². The number of amides is 1. The van der Waals surface area contributed by atoms with Crippen molar-refractivity contribution in [3.8, 4) is 6.07 Å². The highest BCUT2D eigenvalue weighted by Gasteiger charge is 2.34. The molecule has 0 aliphatic heterocycles. The van der Waals surface area contributed by atoms with Crippen molar-refractivity contribution in [2.45, 2.75) is 44.2 Å². The summed E-state index contributed by atoms with van der Waals surface area (Å²) in [5.74, 6) is -0.505. The normalized spacial score (nSPS) is 14.8. The van der Waals surface area contributed by atoms with Crippen LogP contribution in [0.3, 0.4) is 0 Å². The van der Waals surface area contributed by atoms with E-state index in [0.29, 0.717) is 17.7 Å². The second kappa shape index (κ2) is 8.76. The van der Waals surface area contributed by atoms with Gasteiger partial charge >= 0.3 is 0 Å². The predicted octanol–water partition coefficient (Wildman–Crippen LogP) is 3.24. The lowest BCUT2D eigenvalue weighted by Crippen LogP contribution is -2.36. The average Bonchev–Trinajstić information content (AvgIpc) is 3.56. The van der Waals surface area contributed by atoms with Crippen LogP contribution in [0.15, 0.2) is 53.4 Å². The molecular weight excluding hydrogens is 386 g/mol. The summed E-state index contributed by atoms with van der Waals surface area (Å²) in [7, 11) is -3.78. The molecule has 0 heterocycles. The number of hydrogen-bond acceptors (Lipinski definition) is 4. The molecule has 0 radical (unpaired) electrons. The summed E-state index contributed by atoms with van der Waals surface area (Å²) in [6.45, 7) is 4.01. The van der Waals surface area contributed by atoms with Gasteiger partial charge in [0.2, 0.25) is 10.0 Å². The second-order valence-electron chi connectivity index (χ2n) is 7.51. The highest BCUT2D eigenvalue weighted by Crippen LogP contribution is 2.29. The summed E-state index contributed by atoms with van der Waals surface area (Å²) >= 11 is 0. The number of sulfonamides is 1. The van der Waals surface area contributed by atoms with Crippen LogP contribution in [-0.4, -0.2) is 31.8 Å². The number of carbonyl (C=O) groups excluding carboxylic acids is 1. The zero-order valence-corrected chi connectivity index (χ0v) is 17.4. The van der Waals surface area contributed by atoms with Crippen LogP contribution in [0.25, 0.3) is 0 Å². The Balaban J connectivity index is 1.83. The number of nitrogens with zero attached hydrogens (tertiary/aromatic N) is 2. The van der Waals surface area contributed by atoms with Crippen LogP contribution in [0.2, 0.25) is 0 Å². The Kier molecular flexibility index (Phi) is 6.36. The van der Waals surface area contributed by atoms with E-state index in [0.717, 1.165) is 18.4 Å². The smallest absolute Gasteiger partial charge is 0.254 e. The maximum absolute atomic E-state index is 13.0. The van der Waals surface area contributed by atoms with E-state index in [2.05, 4.69) is 10.8 Å². The van der Waals surface area contributed by atoms with Crippen LogP contribution in [-0.2, 0) is 16.6 Å². The molecule has 0 spiro atoms. The van der Waals surface area contributed by atoms with E-state index in [4.69, 9.17) is 5.26 Å². The SMILES string of the molecule is Cc1ccc(C(=O)N(C[C@H](C)C#N)C2CC2)cc1S(=O)(=O)NCc1ccccc1. The van der Waals surface area contributed by atoms with E-state index in [1.165, 1.54) is 6.07 Å². The molecule has 1 amide bonds. The van der Waals surface area contributed by atoms with E-state index in [1.807, 2.05) is 30.3 Å². The van der Waals surface area contributed by atoms with Crippen LogP contribution in [0.4, 0.5) is 0 Å². The zero-order valence-electron chi connectivity index (χ0n) is 16.6. The number of nitriles is 1. The van der Waals surface area contributed by atoms with Gasteiger partial charge in [-0.1, -0.05) is 36.4 Å². The van der Waals surface area contributed by atoms with Crippen molar-refractivity contribution in [1.29, 1.82) is 5.26 Å². The summed E-state index contributed by atoms with van der Waals surface area (Å²) in [6.07, 6.45) is 1.83. The van der Waals surface area contributed by atoms with Gasteiger partial charge in [-0.15, -0.1) is 0 Å². The Labute approximate surface area is 172 Å². The molecule has 0 aromatic heterocycles. The van der Waals surface area contributed by atoms with Crippen molar-refractivity contribution in [3.05, 3.63) is 65.2 Å². The number of aryl methyl sites for hydroxylation is 1. The Morgan fingerprint density at radius 2 is 1.93 bits per heavy atom. The molecule has 1 N–H and O–H groups in total. The van der Waals surface area contributed by atoms with Crippen molar-refractivity contribution in [1.82, 2.24) is 9.62 Å². The van der Waals surface area contributed by atoms with Gasteiger partial charge in [0.25, 0.3) is 5.91 Å². The molecule has 0 saturated heterocycles. The van der Waals surface area contributed by atoms with E-state index in [1.54, 1.807) is 30.9 Å². The Hall–Kier alpha value is -2.69. The lowest BCUT2D eigenvalue weighted by atomic mass is 10.1. The minimum absolute atomic E-state index is 0.100.